The van der Waals surface area contributed by atoms with Crippen molar-refractivity contribution in [1.82, 2.24) is 4.90 Å². The first-order valence-corrected chi connectivity index (χ1v) is 5.73. The lowest BCUT2D eigenvalue weighted by molar-refractivity contribution is 0.175. The zero-order valence-corrected chi connectivity index (χ0v) is 9.41. The van der Waals surface area contributed by atoms with Gasteiger partial charge >= 0.3 is 0 Å². The fourth-order valence-electron chi connectivity index (χ4n) is 1.70. The van der Waals surface area contributed by atoms with Crippen LogP contribution in [0.2, 0.25) is 5.22 Å². The van der Waals surface area contributed by atoms with Crippen LogP contribution in [0.4, 0.5) is 0 Å². The molecule has 0 saturated heterocycles. The third-order valence-electron chi connectivity index (χ3n) is 2.64. The molecule has 0 spiro atoms. The van der Waals surface area contributed by atoms with Crippen LogP contribution >= 0.6 is 11.6 Å². The Bertz CT molecular complexity index is 309. The van der Waals surface area contributed by atoms with E-state index in [4.69, 9.17) is 21.1 Å². The summed E-state index contributed by atoms with van der Waals surface area (Å²) in [5, 5.41) is 9.39. The van der Waals surface area contributed by atoms with Crippen molar-refractivity contribution in [3.8, 4) is 0 Å². The molecule has 0 radical (unpaired) electrons. The molecule has 3 nitrogen and oxygen atoms in total. The zero-order chi connectivity index (χ0) is 10.7. The molecule has 0 aromatic carbocycles. The van der Waals surface area contributed by atoms with E-state index in [-0.39, 0.29) is 6.61 Å². The normalized spacial score (nSPS) is 16.2. The summed E-state index contributed by atoms with van der Waals surface area (Å²) in [6, 6.07) is 3.64. The van der Waals surface area contributed by atoms with Crippen molar-refractivity contribution in [1.29, 1.82) is 0 Å². The summed E-state index contributed by atoms with van der Waals surface area (Å²) in [7, 11) is 0. The van der Waals surface area contributed by atoms with E-state index in [1.54, 1.807) is 6.07 Å². The van der Waals surface area contributed by atoms with Crippen LogP contribution < -0.4 is 0 Å². The number of hydrogen-bond donors (Lipinski definition) is 1. The van der Waals surface area contributed by atoms with Gasteiger partial charge in [0.1, 0.15) is 5.76 Å². The second kappa shape index (κ2) is 5.01. The Morgan fingerprint density at radius 1 is 1.47 bits per heavy atom. The highest BCUT2D eigenvalue weighted by molar-refractivity contribution is 6.28. The van der Waals surface area contributed by atoms with Crippen LogP contribution in [0.15, 0.2) is 16.5 Å². The fourth-order valence-corrected chi connectivity index (χ4v) is 1.86. The lowest BCUT2D eigenvalue weighted by atomic mass is 10.3. The minimum Gasteiger partial charge on any atom is -0.448 e. The fraction of sp³-hybridized carbons (Fsp3) is 0.636. The summed E-state index contributed by atoms with van der Waals surface area (Å²) in [5.74, 6) is 1.69. The van der Waals surface area contributed by atoms with E-state index < -0.39 is 0 Å². The van der Waals surface area contributed by atoms with Crippen molar-refractivity contribution in [2.24, 2.45) is 5.92 Å². The maximum absolute atomic E-state index is 8.95. The van der Waals surface area contributed by atoms with Crippen molar-refractivity contribution < 1.29 is 9.52 Å². The topological polar surface area (TPSA) is 36.6 Å². The molecule has 0 aliphatic heterocycles. The number of aliphatic hydroxyl groups excluding tert-OH is 1. The Morgan fingerprint density at radius 3 is 2.80 bits per heavy atom. The summed E-state index contributed by atoms with van der Waals surface area (Å²) < 4.78 is 5.30. The van der Waals surface area contributed by atoms with Crippen molar-refractivity contribution >= 4 is 11.6 Å². The molecule has 1 aromatic rings. The molecular weight excluding hydrogens is 214 g/mol. The number of halogens is 1. The average Bonchev–Trinajstić information content (AvgIpc) is 2.90. The van der Waals surface area contributed by atoms with Gasteiger partial charge in [0, 0.05) is 13.1 Å². The van der Waals surface area contributed by atoms with Gasteiger partial charge in [0.25, 0.3) is 0 Å². The summed E-state index contributed by atoms with van der Waals surface area (Å²) in [4.78, 5) is 2.22. The van der Waals surface area contributed by atoms with Crippen LogP contribution in [0.1, 0.15) is 18.6 Å². The Labute approximate surface area is 94.6 Å². The van der Waals surface area contributed by atoms with E-state index >= 15 is 0 Å². The highest BCUT2D eigenvalue weighted by atomic mass is 35.5. The third kappa shape index (κ3) is 3.52. The molecule has 84 valence electrons. The first-order valence-electron chi connectivity index (χ1n) is 5.35. The molecule has 15 heavy (non-hydrogen) atoms. The molecule has 0 bridgehead atoms. The first kappa shape index (κ1) is 11.0. The summed E-state index contributed by atoms with van der Waals surface area (Å²) >= 11 is 5.70. The van der Waals surface area contributed by atoms with Crippen LogP contribution in [0, 0.1) is 5.92 Å². The smallest absolute Gasteiger partial charge is 0.193 e. The predicted octanol–water partition coefficient (Wildman–Crippen LogP) is 2.14. The second-order valence-electron chi connectivity index (χ2n) is 4.11. The number of furan rings is 1. The maximum Gasteiger partial charge on any atom is 0.193 e. The van der Waals surface area contributed by atoms with Crippen LogP contribution in [-0.4, -0.2) is 29.7 Å². The molecule has 1 saturated carbocycles. The molecule has 1 heterocycles. The molecule has 1 aliphatic rings. The van der Waals surface area contributed by atoms with Gasteiger partial charge in [0.05, 0.1) is 13.2 Å². The standard InChI is InChI=1S/C11H16ClNO2/c12-11-4-3-10(15-11)8-13(5-6-14)7-9-1-2-9/h3-4,9,14H,1-2,5-8H2. The van der Waals surface area contributed by atoms with Gasteiger partial charge in [-0.05, 0) is 42.5 Å². The first-order chi connectivity index (χ1) is 7.28. The Balaban J connectivity index is 1.86. The SMILES string of the molecule is OCCN(Cc1ccc(Cl)o1)CC1CC1. The Morgan fingerprint density at radius 2 is 2.27 bits per heavy atom. The average molecular weight is 230 g/mol. The Hall–Kier alpha value is -0.510. The number of aliphatic hydroxyl groups is 1. The van der Waals surface area contributed by atoms with Gasteiger partial charge in [-0.1, -0.05) is 0 Å². The molecule has 0 amide bonds. The van der Waals surface area contributed by atoms with Crippen molar-refractivity contribution in [3.63, 3.8) is 0 Å². The number of nitrogens with zero attached hydrogens (tertiary/aromatic N) is 1. The molecule has 0 atom stereocenters. The molecule has 4 heteroatoms. The molecule has 2 rings (SSSR count). The quantitative estimate of drug-likeness (QED) is 0.812. The highest BCUT2D eigenvalue weighted by Gasteiger charge is 2.24. The molecule has 1 aromatic heterocycles. The van der Waals surface area contributed by atoms with Crippen molar-refractivity contribution in [2.45, 2.75) is 19.4 Å². The lowest BCUT2D eigenvalue weighted by Crippen LogP contribution is -2.28. The molecule has 1 N–H and O–H groups in total. The van der Waals surface area contributed by atoms with E-state index in [1.165, 1.54) is 12.8 Å². The minimum atomic E-state index is 0.196. The van der Waals surface area contributed by atoms with E-state index in [9.17, 15) is 0 Å². The van der Waals surface area contributed by atoms with Crippen LogP contribution in [0.3, 0.4) is 0 Å². The lowest BCUT2D eigenvalue weighted by Gasteiger charge is -2.19. The van der Waals surface area contributed by atoms with Gasteiger partial charge < -0.3 is 9.52 Å². The third-order valence-corrected chi connectivity index (χ3v) is 2.84. The highest BCUT2D eigenvalue weighted by Crippen LogP contribution is 2.30. The van der Waals surface area contributed by atoms with E-state index in [0.717, 1.165) is 24.8 Å². The molecule has 0 unspecified atom stereocenters. The number of rotatable bonds is 6. The Kier molecular flexibility index (Phi) is 3.67. The summed E-state index contributed by atoms with van der Waals surface area (Å²) in [6.07, 6.45) is 2.64. The summed E-state index contributed by atoms with van der Waals surface area (Å²) in [5.41, 5.74) is 0. The second-order valence-corrected chi connectivity index (χ2v) is 4.48. The summed E-state index contributed by atoms with van der Waals surface area (Å²) in [6.45, 7) is 2.69. The van der Waals surface area contributed by atoms with E-state index in [1.807, 2.05) is 6.07 Å². The van der Waals surface area contributed by atoms with Crippen molar-refractivity contribution in [3.05, 3.63) is 23.1 Å². The monoisotopic (exact) mass is 229 g/mol. The number of hydrogen-bond acceptors (Lipinski definition) is 3. The maximum atomic E-state index is 8.95. The minimum absolute atomic E-state index is 0.196. The van der Waals surface area contributed by atoms with Gasteiger partial charge in [-0.3, -0.25) is 4.90 Å². The van der Waals surface area contributed by atoms with Gasteiger partial charge in [0.15, 0.2) is 5.22 Å². The predicted molar refractivity (Wildman–Crippen MR) is 58.8 cm³/mol. The van der Waals surface area contributed by atoms with Gasteiger partial charge in [0.2, 0.25) is 0 Å². The van der Waals surface area contributed by atoms with Gasteiger partial charge in [-0.15, -0.1) is 0 Å². The molecule has 1 fully saturated rings. The van der Waals surface area contributed by atoms with Crippen LogP contribution in [0.5, 0.6) is 0 Å². The molecular formula is C11H16ClNO2. The van der Waals surface area contributed by atoms with Gasteiger partial charge in [-0.2, -0.15) is 0 Å². The molecule has 1 aliphatic carbocycles. The largest absolute Gasteiger partial charge is 0.448 e. The zero-order valence-electron chi connectivity index (χ0n) is 8.66. The van der Waals surface area contributed by atoms with Crippen LogP contribution in [-0.2, 0) is 6.54 Å². The van der Waals surface area contributed by atoms with E-state index in [0.29, 0.717) is 11.8 Å². The van der Waals surface area contributed by atoms with Crippen LogP contribution in [0.25, 0.3) is 0 Å². The van der Waals surface area contributed by atoms with Crippen molar-refractivity contribution in [2.75, 3.05) is 19.7 Å². The van der Waals surface area contributed by atoms with E-state index in [2.05, 4.69) is 4.90 Å². The van der Waals surface area contributed by atoms with Gasteiger partial charge in [-0.25, -0.2) is 0 Å².